The van der Waals surface area contributed by atoms with Gasteiger partial charge in [0.25, 0.3) is 5.56 Å². The number of fused-ring (bicyclic) bond motifs is 1. The molecule has 0 fully saturated rings. The number of hydrogen-bond acceptors (Lipinski definition) is 6. The molecule has 0 amide bonds. The summed E-state index contributed by atoms with van der Waals surface area (Å²) in [7, 11) is -1.96. The molecule has 0 atom stereocenters. The lowest BCUT2D eigenvalue weighted by Gasteiger charge is -2.36. The molecule has 8 nitrogen and oxygen atoms in total. The molecule has 0 aromatic carbocycles. The second-order valence-corrected chi connectivity index (χ2v) is 15.0. The molecule has 3 aromatic rings. The average molecular weight is 509 g/mol. The molecule has 0 radical (unpaired) electrons. The Hall–Kier alpha value is -2.56. The molecule has 0 aliphatic carbocycles. The van der Waals surface area contributed by atoms with Gasteiger partial charge in [-0.25, -0.2) is 18.7 Å². The Morgan fingerprint density at radius 3 is 2.53 bits per heavy atom. The summed E-state index contributed by atoms with van der Waals surface area (Å²) in [6.45, 7) is 15.2. The molecule has 0 bridgehead atoms. The quantitative estimate of drug-likeness (QED) is 0.280. The molecule has 34 heavy (non-hydrogen) atoms. The fourth-order valence-electron chi connectivity index (χ4n) is 3.20. The van der Waals surface area contributed by atoms with Gasteiger partial charge in [0.15, 0.2) is 24.9 Å². The molecule has 3 aromatic heterocycles. The Balaban J connectivity index is 2.11. The van der Waals surface area contributed by atoms with Gasteiger partial charge in [-0.15, -0.1) is 0 Å². The molecular formula is C23H30ClFN4O4Si. The number of pyridine rings is 2. The van der Waals surface area contributed by atoms with Crippen LogP contribution in [-0.2, 0) is 4.43 Å². The van der Waals surface area contributed by atoms with Crippen molar-refractivity contribution in [2.45, 2.75) is 58.7 Å². The molecule has 0 aliphatic rings. The summed E-state index contributed by atoms with van der Waals surface area (Å²) < 4.78 is 27.5. The number of nitrogens with zero attached hydrogens (tertiary/aromatic N) is 3. The summed E-state index contributed by atoms with van der Waals surface area (Å²) in [4.78, 5) is 36.0. The first-order valence-electron chi connectivity index (χ1n) is 11.0. The van der Waals surface area contributed by atoms with E-state index in [0.717, 1.165) is 10.6 Å². The lowest BCUT2D eigenvalue weighted by molar-refractivity contribution is 0.203. The molecule has 3 rings (SSSR count). The average Bonchev–Trinajstić information content (AvgIpc) is 2.72. The fourth-order valence-corrected chi connectivity index (χ4v) is 4.36. The summed E-state index contributed by atoms with van der Waals surface area (Å²) in [5.41, 5.74) is -0.756. The minimum absolute atomic E-state index is 0.0575. The van der Waals surface area contributed by atoms with Crippen molar-refractivity contribution in [2.24, 2.45) is 0 Å². The van der Waals surface area contributed by atoms with Gasteiger partial charge in [0.1, 0.15) is 18.0 Å². The number of hydrogen-bond donors (Lipinski definition) is 1. The van der Waals surface area contributed by atoms with Crippen LogP contribution in [-0.4, -0.2) is 41.1 Å². The molecule has 3 heterocycles. The Labute approximate surface area is 203 Å². The Kier molecular flexibility index (Phi) is 7.35. The molecule has 0 spiro atoms. The highest BCUT2D eigenvalue weighted by Crippen LogP contribution is 2.36. The van der Waals surface area contributed by atoms with E-state index in [4.69, 9.17) is 20.8 Å². The van der Waals surface area contributed by atoms with Crippen LogP contribution in [0.3, 0.4) is 0 Å². The summed E-state index contributed by atoms with van der Waals surface area (Å²) in [6.07, 6.45) is 1.59. The van der Waals surface area contributed by atoms with Gasteiger partial charge in [0, 0.05) is 12.3 Å². The maximum atomic E-state index is 14.1. The third-order valence-corrected chi connectivity index (χ3v) is 10.9. The van der Waals surface area contributed by atoms with E-state index in [2.05, 4.69) is 48.8 Å². The van der Waals surface area contributed by atoms with Crippen LogP contribution in [0.1, 0.15) is 46.2 Å². The Bertz CT molecular complexity index is 1330. The topological polar surface area (TPSA) is 99.1 Å². The summed E-state index contributed by atoms with van der Waals surface area (Å²) >= 11 is 5.90. The summed E-state index contributed by atoms with van der Waals surface area (Å²) in [5.74, 6) is -0.610. The van der Waals surface area contributed by atoms with Gasteiger partial charge in [0.05, 0.1) is 17.7 Å². The van der Waals surface area contributed by atoms with E-state index in [-0.39, 0.29) is 28.6 Å². The SMILES string of the molecule is CC(C)c1nccc(OCCO[Si](C)(C)C(C)(C)C)c1-n1c(=O)[nH]c(=O)c2cc(F)c(Cl)nc21. The third-order valence-electron chi connectivity index (χ3n) is 6.09. The van der Waals surface area contributed by atoms with E-state index in [9.17, 15) is 14.0 Å². The standard InChI is InChI=1S/C23H30ClFN4O4Si/c1-13(2)17-18(16(8-9-26-17)32-10-11-33-34(6,7)23(3,4)5)29-20-14(21(30)28-22(29)31)12-15(25)19(24)27-20/h8-9,12-13H,10-11H2,1-7H3,(H,28,30,31). The van der Waals surface area contributed by atoms with Crippen molar-refractivity contribution in [3.8, 4) is 11.4 Å². The lowest BCUT2D eigenvalue weighted by Crippen LogP contribution is -2.41. The van der Waals surface area contributed by atoms with Crippen LogP contribution in [0, 0.1) is 5.82 Å². The number of aromatic nitrogens is 4. The predicted molar refractivity (Wildman–Crippen MR) is 133 cm³/mol. The molecule has 184 valence electrons. The van der Waals surface area contributed by atoms with E-state index >= 15 is 0 Å². The normalized spacial score (nSPS) is 12.5. The Morgan fingerprint density at radius 2 is 1.91 bits per heavy atom. The van der Waals surface area contributed by atoms with Gasteiger partial charge < -0.3 is 9.16 Å². The minimum Gasteiger partial charge on any atom is -0.489 e. The second-order valence-electron chi connectivity index (χ2n) is 9.88. The molecular weight excluding hydrogens is 479 g/mol. The fraction of sp³-hybridized carbons (Fsp3) is 0.478. The van der Waals surface area contributed by atoms with Gasteiger partial charge >= 0.3 is 5.69 Å². The molecule has 0 saturated heterocycles. The molecule has 0 unspecified atom stereocenters. The van der Waals surface area contributed by atoms with E-state index in [1.54, 1.807) is 12.3 Å². The first-order valence-corrected chi connectivity index (χ1v) is 14.3. The van der Waals surface area contributed by atoms with Crippen LogP contribution in [0.2, 0.25) is 23.3 Å². The molecule has 1 N–H and O–H groups in total. The van der Waals surface area contributed by atoms with Crippen LogP contribution in [0.5, 0.6) is 5.75 Å². The zero-order chi connectivity index (χ0) is 25.4. The van der Waals surface area contributed by atoms with Crippen LogP contribution >= 0.6 is 11.6 Å². The van der Waals surface area contributed by atoms with Crippen molar-refractivity contribution in [1.82, 2.24) is 19.5 Å². The summed E-state index contributed by atoms with van der Waals surface area (Å²) in [5, 5.41) is -0.513. The van der Waals surface area contributed by atoms with Crippen molar-refractivity contribution in [2.75, 3.05) is 13.2 Å². The number of aromatic amines is 1. The number of rotatable bonds is 7. The maximum absolute atomic E-state index is 14.1. The smallest absolute Gasteiger partial charge is 0.334 e. The highest BCUT2D eigenvalue weighted by molar-refractivity contribution is 6.74. The molecule has 0 aliphatic heterocycles. The van der Waals surface area contributed by atoms with Crippen molar-refractivity contribution in [1.29, 1.82) is 0 Å². The number of nitrogens with one attached hydrogen (secondary N) is 1. The van der Waals surface area contributed by atoms with E-state index in [0.29, 0.717) is 23.7 Å². The predicted octanol–water partition coefficient (Wildman–Crippen LogP) is 4.79. The zero-order valence-electron chi connectivity index (χ0n) is 20.5. The lowest BCUT2D eigenvalue weighted by atomic mass is 10.1. The van der Waals surface area contributed by atoms with Crippen LogP contribution in [0.15, 0.2) is 27.9 Å². The van der Waals surface area contributed by atoms with Crippen LogP contribution in [0.25, 0.3) is 16.7 Å². The van der Waals surface area contributed by atoms with Gasteiger partial charge in [-0.1, -0.05) is 46.2 Å². The third kappa shape index (κ3) is 5.08. The van der Waals surface area contributed by atoms with E-state index in [1.807, 2.05) is 13.8 Å². The van der Waals surface area contributed by atoms with E-state index < -0.39 is 30.5 Å². The van der Waals surface area contributed by atoms with Gasteiger partial charge in [0.2, 0.25) is 0 Å². The second kappa shape index (κ2) is 9.59. The molecule has 11 heteroatoms. The highest BCUT2D eigenvalue weighted by atomic mass is 35.5. The van der Waals surface area contributed by atoms with Crippen molar-refractivity contribution < 1.29 is 13.6 Å². The van der Waals surface area contributed by atoms with Gasteiger partial charge in [-0.2, -0.15) is 0 Å². The number of H-pyrrole nitrogens is 1. The first kappa shape index (κ1) is 26.0. The van der Waals surface area contributed by atoms with Crippen LogP contribution < -0.4 is 16.0 Å². The highest BCUT2D eigenvalue weighted by Gasteiger charge is 2.37. The van der Waals surface area contributed by atoms with Crippen molar-refractivity contribution >= 4 is 31.0 Å². The summed E-state index contributed by atoms with van der Waals surface area (Å²) in [6, 6.07) is 2.58. The molecule has 0 saturated carbocycles. The van der Waals surface area contributed by atoms with Crippen molar-refractivity contribution in [3.63, 3.8) is 0 Å². The van der Waals surface area contributed by atoms with Crippen LogP contribution in [0.4, 0.5) is 4.39 Å². The van der Waals surface area contributed by atoms with Gasteiger partial charge in [-0.05, 0) is 30.1 Å². The maximum Gasteiger partial charge on any atom is 0.334 e. The Morgan fingerprint density at radius 1 is 1.24 bits per heavy atom. The monoisotopic (exact) mass is 508 g/mol. The number of halogens is 2. The number of ether oxygens (including phenoxy) is 1. The first-order chi connectivity index (χ1) is 15.7. The van der Waals surface area contributed by atoms with E-state index in [1.165, 1.54) is 0 Å². The van der Waals surface area contributed by atoms with Crippen molar-refractivity contribution in [3.05, 3.63) is 55.8 Å². The zero-order valence-corrected chi connectivity index (χ0v) is 22.2. The largest absolute Gasteiger partial charge is 0.489 e. The minimum atomic E-state index is -1.96. The van der Waals surface area contributed by atoms with Gasteiger partial charge in [-0.3, -0.25) is 14.8 Å².